The van der Waals surface area contributed by atoms with Gasteiger partial charge in [-0.1, -0.05) is 30.3 Å². The minimum absolute atomic E-state index is 0.0869. The van der Waals surface area contributed by atoms with Gasteiger partial charge in [0.15, 0.2) is 16.1 Å². The highest BCUT2D eigenvalue weighted by Crippen LogP contribution is 2.30. The summed E-state index contributed by atoms with van der Waals surface area (Å²) in [5.74, 6) is 0. The van der Waals surface area contributed by atoms with Gasteiger partial charge < -0.3 is 18.8 Å². The van der Waals surface area contributed by atoms with Gasteiger partial charge in [-0.05, 0) is 74.1 Å². The largest absolute Gasteiger partial charge is 0.379 e. The molecular formula is C27H33NO5S. The van der Waals surface area contributed by atoms with Gasteiger partial charge in [0.05, 0.1) is 30.4 Å². The summed E-state index contributed by atoms with van der Waals surface area (Å²) >= 11 is 0. The Balaban J connectivity index is 1.46. The van der Waals surface area contributed by atoms with E-state index in [1.807, 2.05) is 30.3 Å². The molecule has 182 valence electrons. The Hall–Kier alpha value is -2.45. The molecule has 7 heteroatoms. The van der Waals surface area contributed by atoms with E-state index in [0.717, 1.165) is 54.9 Å². The average Bonchev–Trinajstić information content (AvgIpc) is 3.18. The summed E-state index contributed by atoms with van der Waals surface area (Å²) in [6.07, 6.45) is 5.14. The van der Waals surface area contributed by atoms with Crippen molar-refractivity contribution >= 4 is 9.84 Å². The molecule has 4 rings (SSSR count). The number of hydrogen-bond acceptors (Lipinski definition) is 5. The summed E-state index contributed by atoms with van der Waals surface area (Å²) in [4.78, 5) is 0.320. The van der Waals surface area contributed by atoms with E-state index in [1.54, 1.807) is 12.1 Å². The quantitative estimate of drug-likeness (QED) is 0.382. The number of rotatable bonds is 10. The molecule has 0 aliphatic carbocycles. The van der Waals surface area contributed by atoms with Crippen LogP contribution in [0.25, 0.3) is 16.9 Å². The van der Waals surface area contributed by atoms with E-state index in [2.05, 4.69) is 29.7 Å². The number of benzene rings is 2. The van der Waals surface area contributed by atoms with E-state index in [9.17, 15) is 8.42 Å². The van der Waals surface area contributed by atoms with Crippen molar-refractivity contribution in [1.82, 2.24) is 4.57 Å². The number of sulfone groups is 1. The zero-order valence-corrected chi connectivity index (χ0v) is 20.7. The van der Waals surface area contributed by atoms with Crippen LogP contribution in [0.3, 0.4) is 0 Å². The molecule has 0 amide bonds. The molecule has 3 aromatic rings. The third-order valence-corrected chi connectivity index (χ3v) is 7.26. The highest BCUT2D eigenvalue weighted by Gasteiger charge is 2.16. The molecule has 1 aliphatic rings. The first-order valence-corrected chi connectivity index (χ1v) is 13.7. The van der Waals surface area contributed by atoms with Crippen molar-refractivity contribution in [2.75, 3.05) is 32.7 Å². The van der Waals surface area contributed by atoms with E-state index >= 15 is 0 Å². The summed E-state index contributed by atoms with van der Waals surface area (Å²) in [5, 5.41) is 0. The van der Waals surface area contributed by atoms with Crippen molar-refractivity contribution in [3.8, 4) is 16.9 Å². The van der Waals surface area contributed by atoms with E-state index in [1.165, 1.54) is 11.8 Å². The number of para-hydroxylation sites is 1. The highest BCUT2D eigenvalue weighted by atomic mass is 32.2. The first kappa shape index (κ1) is 24.7. The maximum Gasteiger partial charge on any atom is 0.175 e. The fourth-order valence-corrected chi connectivity index (χ4v) is 4.90. The second kappa shape index (κ2) is 11.3. The highest BCUT2D eigenvalue weighted by molar-refractivity contribution is 7.90. The van der Waals surface area contributed by atoms with Crippen molar-refractivity contribution in [1.29, 1.82) is 0 Å². The van der Waals surface area contributed by atoms with E-state index < -0.39 is 9.84 Å². The summed E-state index contributed by atoms with van der Waals surface area (Å²) in [7, 11) is -3.24. The van der Waals surface area contributed by atoms with Crippen molar-refractivity contribution in [2.45, 2.75) is 43.8 Å². The van der Waals surface area contributed by atoms with Gasteiger partial charge in [0, 0.05) is 24.2 Å². The molecule has 1 aromatic heterocycles. The van der Waals surface area contributed by atoms with Crippen LogP contribution in [-0.2, 0) is 30.5 Å². The number of aromatic nitrogens is 1. The molecule has 1 atom stereocenters. The van der Waals surface area contributed by atoms with Gasteiger partial charge in [-0.25, -0.2) is 8.42 Å². The SMILES string of the molecule is Cc1c(CCOCCO[C@@H]2CCCCO2)cc(-c2ccc(S(C)(=O)=O)cc2)n1-c1ccccc1. The Labute approximate surface area is 202 Å². The first-order chi connectivity index (χ1) is 16.4. The number of hydrogen-bond donors (Lipinski definition) is 0. The molecule has 0 N–H and O–H groups in total. The third-order valence-electron chi connectivity index (χ3n) is 6.13. The second-order valence-electron chi connectivity index (χ2n) is 8.64. The third kappa shape index (κ3) is 6.16. The Morgan fingerprint density at radius 2 is 1.76 bits per heavy atom. The van der Waals surface area contributed by atoms with Crippen LogP contribution in [0.4, 0.5) is 0 Å². The lowest BCUT2D eigenvalue weighted by molar-refractivity contribution is -0.168. The summed E-state index contributed by atoms with van der Waals surface area (Å²) in [6, 6.07) is 19.4. The van der Waals surface area contributed by atoms with Gasteiger partial charge in [-0.3, -0.25) is 0 Å². The predicted octanol–water partition coefficient (Wildman–Crippen LogP) is 4.96. The molecule has 0 spiro atoms. The molecule has 34 heavy (non-hydrogen) atoms. The van der Waals surface area contributed by atoms with E-state index in [0.29, 0.717) is 24.7 Å². The molecule has 0 bridgehead atoms. The molecule has 6 nitrogen and oxygen atoms in total. The van der Waals surface area contributed by atoms with Crippen molar-refractivity contribution < 1.29 is 22.6 Å². The smallest absolute Gasteiger partial charge is 0.175 e. The van der Waals surface area contributed by atoms with Crippen LogP contribution in [0.1, 0.15) is 30.5 Å². The Bertz CT molecular complexity index is 1160. The Morgan fingerprint density at radius 3 is 2.44 bits per heavy atom. The summed E-state index contributed by atoms with van der Waals surface area (Å²) < 4.78 is 43.1. The average molecular weight is 484 g/mol. The van der Waals surface area contributed by atoms with Crippen molar-refractivity contribution in [3.05, 3.63) is 71.9 Å². The Morgan fingerprint density at radius 1 is 1.00 bits per heavy atom. The lowest BCUT2D eigenvalue weighted by Crippen LogP contribution is -2.24. The summed E-state index contributed by atoms with van der Waals surface area (Å²) in [5.41, 5.74) is 5.39. The van der Waals surface area contributed by atoms with Crippen LogP contribution in [0.15, 0.2) is 65.6 Å². The molecule has 0 radical (unpaired) electrons. The second-order valence-corrected chi connectivity index (χ2v) is 10.7. The normalized spacial score (nSPS) is 16.6. The van der Waals surface area contributed by atoms with Gasteiger partial charge in [0.25, 0.3) is 0 Å². The topological polar surface area (TPSA) is 66.8 Å². The molecule has 1 saturated heterocycles. The van der Waals surface area contributed by atoms with Crippen LogP contribution in [0.2, 0.25) is 0 Å². The fraction of sp³-hybridized carbons (Fsp3) is 0.407. The van der Waals surface area contributed by atoms with Gasteiger partial charge in [0.1, 0.15) is 0 Å². The molecule has 2 heterocycles. The number of ether oxygens (including phenoxy) is 3. The van der Waals surface area contributed by atoms with Crippen LogP contribution in [-0.4, -0.2) is 52.0 Å². The lowest BCUT2D eigenvalue weighted by atomic mass is 10.1. The maximum atomic E-state index is 11.9. The molecule has 0 saturated carbocycles. The molecule has 0 unspecified atom stereocenters. The molecule has 1 fully saturated rings. The van der Waals surface area contributed by atoms with Gasteiger partial charge in [-0.15, -0.1) is 0 Å². The molecule has 2 aromatic carbocycles. The van der Waals surface area contributed by atoms with Crippen molar-refractivity contribution in [3.63, 3.8) is 0 Å². The van der Waals surface area contributed by atoms with Crippen LogP contribution < -0.4 is 0 Å². The maximum absolute atomic E-state index is 11.9. The fourth-order valence-electron chi connectivity index (χ4n) is 4.27. The molecule has 1 aliphatic heterocycles. The van der Waals surface area contributed by atoms with Crippen molar-refractivity contribution in [2.24, 2.45) is 0 Å². The van der Waals surface area contributed by atoms with Gasteiger partial charge in [0.2, 0.25) is 0 Å². The van der Waals surface area contributed by atoms with Crippen LogP contribution in [0, 0.1) is 6.92 Å². The van der Waals surface area contributed by atoms with Crippen LogP contribution >= 0.6 is 0 Å². The van der Waals surface area contributed by atoms with Gasteiger partial charge >= 0.3 is 0 Å². The van der Waals surface area contributed by atoms with Crippen LogP contribution in [0.5, 0.6) is 0 Å². The Kier molecular flexibility index (Phi) is 8.21. The lowest BCUT2D eigenvalue weighted by Gasteiger charge is -2.22. The minimum Gasteiger partial charge on any atom is -0.379 e. The molecular weight excluding hydrogens is 450 g/mol. The zero-order chi connectivity index (χ0) is 24.0. The summed E-state index contributed by atoms with van der Waals surface area (Å²) in [6.45, 7) is 4.56. The number of nitrogens with zero attached hydrogens (tertiary/aromatic N) is 1. The van der Waals surface area contributed by atoms with E-state index in [-0.39, 0.29) is 6.29 Å². The van der Waals surface area contributed by atoms with E-state index in [4.69, 9.17) is 14.2 Å². The van der Waals surface area contributed by atoms with Gasteiger partial charge in [-0.2, -0.15) is 0 Å². The predicted molar refractivity (Wildman–Crippen MR) is 133 cm³/mol. The zero-order valence-electron chi connectivity index (χ0n) is 19.9. The first-order valence-electron chi connectivity index (χ1n) is 11.8. The monoisotopic (exact) mass is 483 g/mol. The minimum atomic E-state index is -3.24. The standard InChI is InChI=1S/C27H33NO5S/c1-21-23(15-17-31-18-19-33-27-10-6-7-16-32-27)20-26(28(21)24-8-4-3-5-9-24)22-11-13-25(14-12-22)34(2,29)30/h3-5,8-9,11-14,20,27H,6-7,10,15-19H2,1-2H3/t27-/m1/s1.